The molecule has 2 N–H and O–H groups in total. The molecular weight excluding hydrogens is 376 g/mol. The third-order valence-corrected chi connectivity index (χ3v) is 5.43. The number of aromatic amines is 1. The highest BCUT2D eigenvalue weighted by Gasteiger charge is 2.13. The summed E-state index contributed by atoms with van der Waals surface area (Å²) in [6.45, 7) is 2.08. The Hall–Kier alpha value is -3.13. The van der Waals surface area contributed by atoms with E-state index in [1.165, 1.54) is 6.21 Å². The lowest BCUT2D eigenvalue weighted by Gasteiger charge is -2.05. The van der Waals surface area contributed by atoms with Crippen LogP contribution in [0.5, 0.6) is 5.75 Å². The molecule has 0 spiro atoms. The molecule has 3 rings (SSSR count). The van der Waals surface area contributed by atoms with Crippen LogP contribution in [0.15, 0.2) is 64.7 Å². The smallest absolute Gasteiger partial charge is 0.276 e. The lowest BCUT2D eigenvalue weighted by molar-refractivity contribution is 0.415. The summed E-state index contributed by atoms with van der Waals surface area (Å²) in [5.74, 6) is 0.746. The number of sulfonamides is 1. The van der Waals surface area contributed by atoms with Crippen molar-refractivity contribution in [1.82, 2.24) is 15.0 Å². The van der Waals surface area contributed by atoms with E-state index in [1.54, 1.807) is 25.4 Å². The van der Waals surface area contributed by atoms with Crippen molar-refractivity contribution in [2.24, 2.45) is 5.10 Å². The topological polar surface area (TPSA) is 96.4 Å². The summed E-state index contributed by atoms with van der Waals surface area (Å²) >= 11 is 0. The van der Waals surface area contributed by atoms with E-state index in [4.69, 9.17) is 4.74 Å². The zero-order valence-electron chi connectivity index (χ0n) is 15.7. The third kappa shape index (κ3) is 4.58. The molecule has 0 aliphatic rings. The van der Waals surface area contributed by atoms with Crippen molar-refractivity contribution in [2.45, 2.75) is 24.7 Å². The number of aryl methyl sites for hydroxylation is 1. The number of methoxy groups -OCH3 is 1. The molecule has 8 heteroatoms. The maximum atomic E-state index is 12.4. The normalized spacial score (nSPS) is 11.6. The van der Waals surface area contributed by atoms with Gasteiger partial charge in [0.2, 0.25) is 0 Å². The SMILES string of the molecule is CCCc1ccc(S(=O)(=O)NN=Cc2cn[nH]c2-c2ccc(OC)cc2)cc1. The predicted molar refractivity (Wildman–Crippen MR) is 109 cm³/mol. The van der Waals surface area contributed by atoms with Crippen LogP contribution in [-0.2, 0) is 16.4 Å². The van der Waals surface area contributed by atoms with Crippen LogP contribution in [-0.4, -0.2) is 31.9 Å². The summed E-state index contributed by atoms with van der Waals surface area (Å²) in [6, 6.07) is 14.2. The molecule has 0 aliphatic heterocycles. The van der Waals surface area contributed by atoms with E-state index in [1.807, 2.05) is 36.4 Å². The molecule has 0 unspecified atom stereocenters. The van der Waals surface area contributed by atoms with Crippen LogP contribution < -0.4 is 9.57 Å². The molecule has 0 saturated heterocycles. The van der Waals surface area contributed by atoms with Gasteiger partial charge in [-0.25, -0.2) is 4.83 Å². The Bertz CT molecular complexity index is 1040. The summed E-state index contributed by atoms with van der Waals surface area (Å²) in [5.41, 5.74) is 3.38. The minimum Gasteiger partial charge on any atom is -0.497 e. The number of H-pyrrole nitrogens is 1. The Balaban J connectivity index is 1.73. The molecule has 0 bridgehead atoms. The van der Waals surface area contributed by atoms with Gasteiger partial charge in [-0.1, -0.05) is 25.5 Å². The Labute approximate surface area is 164 Å². The Kier molecular flexibility index (Phi) is 6.10. The minimum atomic E-state index is -3.73. The molecule has 0 radical (unpaired) electrons. The Morgan fingerprint density at radius 3 is 2.50 bits per heavy atom. The zero-order chi connectivity index (χ0) is 20.0. The monoisotopic (exact) mass is 398 g/mol. The number of rotatable bonds is 8. The number of benzene rings is 2. The number of hydrogen-bond acceptors (Lipinski definition) is 5. The van der Waals surface area contributed by atoms with Crippen LogP contribution in [0.25, 0.3) is 11.3 Å². The van der Waals surface area contributed by atoms with Crippen LogP contribution in [0.1, 0.15) is 24.5 Å². The van der Waals surface area contributed by atoms with Crippen LogP contribution in [0.2, 0.25) is 0 Å². The van der Waals surface area contributed by atoms with E-state index < -0.39 is 10.0 Å². The van der Waals surface area contributed by atoms with Gasteiger partial charge in [0.15, 0.2) is 0 Å². The molecule has 1 heterocycles. The maximum absolute atomic E-state index is 12.4. The van der Waals surface area contributed by atoms with Crippen molar-refractivity contribution >= 4 is 16.2 Å². The van der Waals surface area contributed by atoms with E-state index in [0.29, 0.717) is 5.56 Å². The quantitative estimate of drug-likeness (QED) is 0.449. The van der Waals surface area contributed by atoms with Gasteiger partial charge in [-0.3, -0.25) is 5.10 Å². The fraction of sp³-hybridized carbons (Fsp3) is 0.200. The van der Waals surface area contributed by atoms with E-state index in [2.05, 4.69) is 27.1 Å². The second-order valence-corrected chi connectivity index (χ2v) is 7.84. The van der Waals surface area contributed by atoms with Gasteiger partial charge in [-0.15, -0.1) is 0 Å². The predicted octanol–water partition coefficient (Wildman–Crippen LogP) is 3.35. The maximum Gasteiger partial charge on any atom is 0.276 e. The van der Waals surface area contributed by atoms with Gasteiger partial charge in [0.1, 0.15) is 5.75 Å². The van der Waals surface area contributed by atoms with Gasteiger partial charge >= 0.3 is 0 Å². The second kappa shape index (κ2) is 8.71. The number of hydrazone groups is 1. The molecule has 7 nitrogen and oxygen atoms in total. The van der Waals surface area contributed by atoms with Gasteiger partial charge in [-0.05, 0) is 48.4 Å². The lowest BCUT2D eigenvalue weighted by Crippen LogP contribution is -2.18. The van der Waals surface area contributed by atoms with E-state index in [9.17, 15) is 8.42 Å². The molecule has 0 fully saturated rings. The van der Waals surface area contributed by atoms with Crippen molar-refractivity contribution in [3.8, 4) is 17.0 Å². The number of aromatic nitrogens is 2. The third-order valence-electron chi connectivity index (χ3n) is 4.20. The van der Waals surface area contributed by atoms with Gasteiger partial charge in [0, 0.05) is 11.1 Å². The van der Waals surface area contributed by atoms with Gasteiger partial charge in [-0.2, -0.15) is 18.6 Å². The summed E-state index contributed by atoms with van der Waals surface area (Å²) in [6.07, 6.45) is 4.93. The largest absolute Gasteiger partial charge is 0.497 e. The van der Waals surface area contributed by atoms with E-state index in [-0.39, 0.29) is 4.90 Å². The minimum absolute atomic E-state index is 0.173. The lowest BCUT2D eigenvalue weighted by atomic mass is 10.1. The number of nitrogens with one attached hydrogen (secondary N) is 2. The number of nitrogens with zero attached hydrogens (tertiary/aromatic N) is 2. The molecule has 28 heavy (non-hydrogen) atoms. The molecule has 146 valence electrons. The number of hydrogen-bond donors (Lipinski definition) is 2. The Morgan fingerprint density at radius 2 is 1.86 bits per heavy atom. The molecule has 3 aromatic rings. The van der Waals surface area contributed by atoms with Crippen molar-refractivity contribution < 1.29 is 13.2 Å². The first-order valence-electron chi connectivity index (χ1n) is 8.85. The van der Waals surface area contributed by atoms with Crippen LogP contribution in [0.4, 0.5) is 0 Å². The fourth-order valence-corrected chi connectivity index (χ4v) is 3.52. The molecule has 2 aromatic carbocycles. The molecule has 0 amide bonds. The first-order chi connectivity index (χ1) is 13.5. The molecule has 0 atom stereocenters. The zero-order valence-corrected chi connectivity index (χ0v) is 16.5. The second-order valence-electron chi connectivity index (χ2n) is 6.18. The van der Waals surface area contributed by atoms with Crippen molar-refractivity contribution in [1.29, 1.82) is 0 Å². The van der Waals surface area contributed by atoms with E-state index in [0.717, 1.165) is 35.4 Å². The summed E-state index contributed by atoms with van der Waals surface area (Å²) in [5, 5.41) is 10.8. The molecule has 0 saturated carbocycles. The molecule has 1 aromatic heterocycles. The Morgan fingerprint density at radius 1 is 1.14 bits per heavy atom. The fourth-order valence-electron chi connectivity index (χ4n) is 2.72. The van der Waals surface area contributed by atoms with Crippen LogP contribution in [0, 0.1) is 0 Å². The first-order valence-corrected chi connectivity index (χ1v) is 10.3. The van der Waals surface area contributed by atoms with Gasteiger partial charge in [0.25, 0.3) is 10.0 Å². The molecular formula is C20H22N4O3S. The van der Waals surface area contributed by atoms with E-state index >= 15 is 0 Å². The standard InChI is InChI=1S/C20H22N4O3S/c1-3-4-15-5-11-19(12-6-15)28(25,26)24-22-14-17-13-21-23-20(17)16-7-9-18(27-2)10-8-16/h5-14,24H,3-4H2,1-2H3,(H,21,23). The van der Waals surface area contributed by atoms with Gasteiger partial charge < -0.3 is 4.74 Å². The average Bonchev–Trinajstić information content (AvgIpc) is 3.17. The average molecular weight is 398 g/mol. The molecule has 0 aliphatic carbocycles. The van der Waals surface area contributed by atoms with Crippen LogP contribution in [0.3, 0.4) is 0 Å². The van der Waals surface area contributed by atoms with Crippen molar-refractivity contribution in [3.63, 3.8) is 0 Å². The van der Waals surface area contributed by atoms with Crippen LogP contribution >= 0.6 is 0 Å². The van der Waals surface area contributed by atoms with Gasteiger partial charge in [0.05, 0.1) is 30.1 Å². The highest BCUT2D eigenvalue weighted by Crippen LogP contribution is 2.22. The summed E-state index contributed by atoms with van der Waals surface area (Å²) < 4.78 is 29.9. The van der Waals surface area contributed by atoms with Crippen molar-refractivity contribution in [3.05, 3.63) is 65.9 Å². The summed E-state index contributed by atoms with van der Waals surface area (Å²) in [4.78, 5) is 2.42. The highest BCUT2D eigenvalue weighted by molar-refractivity contribution is 7.89. The first kappa shape index (κ1) is 19.6. The summed E-state index contributed by atoms with van der Waals surface area (Å²) in [7, 11) is -2.12. The van der Waals surface area contributed by atoms with Crippen molar-refractivity contribution in [2.75, 3.05) is 7.11 Å². The highest BCUT2D eigenvalue weighted by atomic mass is 32.2. The number of ether oxygens (including phenoxy) is 1.